The summed E-state index contributed by atoms with van der Waals surface area (Å²) in [5.74, 6) is 2.47. The number of hydrogen-bond donors (Lipinski definition) is 0. The fourth-order valence-electron chi connectivity index (χ4n) is 5.80. The molecule has 0 saturated heterocycles. The highest BCUT2D eigenvalue weighted by molar-refractivity contribution is 5.08. The maximum Gasteiger partial charge on any atom is 0.222 e. The molecule has 0 aromatic heterocycles. The Kier molecular flexibility index (Phi) is 31.5. The maximum atomic E-state index is 6.26. The lowest BCUT2D eigenvalue weighted by Crippen LogP contribution is -2.31. The molecule has 0 aromatic carbocycles. The third-order valence-corrected chi connectivity index (χ3v) is 8.60. The van der Waals surface area contributed by atoms with Crippen molar-refractivity contribution in [2.45, 2.75) is 181 Å². The molecule has 0 heterocycles. The van der Waals surface area contributed by atoms with Crippen LogP contribution >= 0.6 is 0 Å². The molecule has 0 bridgehead atoms. The Balaban J connectivity index is 4.89. The molecule has 0 N–H and O–H groups in total. The zero-order chi connectivity index (χ0) is 33.4. The SMILES string of the molecule is CCCCCCCCCCCCCC(OC)=C(OC)C(OC)OC(OC)C(OC)=C(CCCCCCCCCCCCC)OC. The third-order valence-electron chi connectivity index (χ3n) is 8.60. The molecule has 0 radical (unpaired) electrons. The average molecular weight is 643 g/mol. The number of ether oxygens (including phenoxy) is 7. The largest absolute Gasteiger partial charge is 0.497 e. The predicted molar refractivity (Wildman–Crippen MR) is 187 cm³/mol. The Hall–Kier alpha value is -1.44. The first-order chi connectivity index (χ1) is 22.1. The quantitative estimate of drug-likeness (QED) is 0.0393. The van der Waals surface area contributed by atoms with Crippen molar-refractivity contribution in [1.29, 1.82) is 0 Å². The van der Waals surface area contributed by atoms with Crippen LogP contribution in [-0.2, 0) is 33.2 Å². The molecule has 7 heteroatoms. The van der Waals surface area contributed by atoms with Crippen molar-refractivity contribution in [3.05, 3.63) is 23.0 Å². The summed E-state index contributed by atoms with van der Waals surface area (Å²) in [4.78, 5) is 0. The van der Waals surface area contributed by atoms with Crippen molar-refractivity contribution in [2.75, 3.05) is 42.7 Å². The highest BCUT2D eigenvalue weighted by atomic mass is 16.8. The molecule has 2 unspecified atom stereocenters. The van der Waals surface area contributed by atoms with Crippen LogP contribution in [0.4, 0.5) is 0 Å². The van der Waals surface area contributed by atoms with Gasteiger partial charge in [-0.15, -0.1) is 0 Å². The van der Waals surface area contributed by atoms with E-state index in [1.807, 2.05) is 0 Å². The third kappa shape index (κ3) is 21.9. The first kappa shape index (κ1) is 43.6. The van der Waals surface area contributed by atoms with Crippen molar-refractivity contribution in [1.82, 2.24) is 0 Å². The van der Waals surface area contributed by atoms with Gasteiger partial charge in [-0.1, -0.05) is 142 Å². The van der Waals surface area contributed by atoms with Crippen LogP contribution in [0.5, 0.6) is 0 Å². The van der Waals surface area contributed by atoms with Crippen LogP contribution in [0, 0.1) is 0 Å². The van der Waals surface area contributed by atoms with Crippen LogP contribution in [0.3, 0.4) is 0 Å². The van der Waals surface area contributed by atoms with Crippen molar-refractivity contribution < 1.29 is 33.2 Å². The van der Waals surface area contributed by atoms with E-state index < -0.39 is 12.6 Å². The summed E-state index contributed by atoms with van der Waals surface area (Å²) in [6.45, 7) is 4.54. The van der Waals surface area contributed by atoms with Gasteiger partial charge in [0.25, 0.3) is 0 Å². The molecule has 0 aliphatic carbocycles. The van der Waals surface area contributed by atoms with E-state index in [9.17, 15) is 0 Å². The van der Waals surface area contributed by atoms with Gasteiger partial charge in [0.2, 0.25) is 12.6 Å². The second-order valence-electron chi connectivity index (χ2n) is 12.2. The first-order valence-electron chi connectivity index (χ1n) is 18.4. The normalized spacial score (nSPS) is 14.0. The topological polar surface area (TPSA) is 64.6 Å². The summed E-state index contributed by atoms with van der Waals surface area (Å²) in [6.07, 6.45) is 28.3. The van der Waals surface area contributed by atoms with E-state index in [1.54, 1.807) is 42.7 Å². The fourth-order valence-corrected chi connectivity index (χ4v) is 5.80. The standard InChI is InChI=1S/C38H74O7/c1-9-11-13-15-17-19-21-23-25-27-29-31-33(39-3)35(41-5)37(43-7)45-38(44-8)36(42-6)34(40-4)32-30-28-26-24-22-20-18-16-14-12-10-2/h37-38H,9-32H2,1-8H3. The predicted octanol–water partition coefficient (Wildman–Crippen LogP) is 11.4. The Morgan fingerprint density at radius 3 is 0.844 bits per heavy atom. The van der Waals surface area contributed by atoms with Crippen LogP contribution < -0.4 is 0 Å². The molecule has 0 spiro atoms. The summed E-state index contributed by atoms with van der Waals surface area (Å²) in [5.41, 5.74) is 0. The molecule has 0 rings (SSSR count). The molecule has 0 aliphatic heterocycles. The van der Waals surface area contributed by atoms with Gasteiger partial charge in [0.05, 0.1) is 28.4 Å². The number of allylic oxidation sites excluding steroid dienone is 2. The Bertz CT molecular complexity index is 648. The van der Waals surface area contributed by atoms with Crippen LogP contribution in [0.1, 0.15) is 168 Å². The zero-order valence-corrected chi connectivity index (χ0v) is 31.0. The molecular formula is C38H74O7. The second-order valence-corrected chi connectivity index (χ2v) is 12.2. The molecule has 268 valence electrons. The highest BCUT2D eigenvalue weighted by Crippen LogP contribution is 2.26. The maximum absolute atomic E-state index is 6.26. The van der Waals surface area contributed by atoms with Gasteiger partial charge in [-0.25, -0.2) is 0 Å². The van der Waals surface area contributed by atoms with Crippen LogP contribution in [-0.4, -0.2) is 55.2 Å². The van der Waals surface area contributed by atoms with Gasteiger partial charge in [-0.3, -0.25) is 0 Å². The van der Waals surface area contributed by atoms with Crippen LogP contribution in [0.2, 0.25) is 0 Å². The van der Waals surface area contributed by atoms with Crippen LogP contribution in [0.15, 0.2) is 23.0 Å². The summed E-state index contributed by atoms with van der Waals surface area (Å²) in [6, 6.07) is 0. The van der Waals surface area contributed by atoms with E-state index in [0.29, 0.717) is 11.5 Å². The van der Waals surface area contributed by atoms with Gasteiger partial charge in [-0.05, 0) is 12.8 Å². The molecule has 0 aromatic rings. The second kappa shape index (κ2) is 32.5. The Morgan fingerprint density at radius 2 is 0.622 bits per heavy atom. The fraction of sp³-hybridized carbons (Fsp3) is 0.895. The molecule has 0 fully saturated rings. The summed E-state index contributed by atoms with van der Waals surface area (Å²) >= 11 is 0. The minimum Gasteiger partial charge on any atom is -0.497 e. The number of rotatable bonds is 34. The molecular weight excluding hydrogens is 568 g/mol. The minimum absolute atomic E-state index is 0.508. The van der Waals surface area contributed by atoms with Gasteiger partial charge in [-0.2, -0.15) is 0 Å². The lowest BCUT2D eigenvalue weighted by Gasteiger charge is -2.27. The summed E-state index contributed by atoms with van der Waals surface area (Å²) < 4.78 is 40.7. The molecule has 2 atom stereocenters. The molecule has 7 nitrogen and oxygen atoms in total. The summed E-state index contributed by atoms with van der Waals surface area (Å²) in [5, 5.41) is 0. The lowest BCUT2D eigenvalue weighted by atomic mass is 10.0. The Morgan fingerprint density at radius 1 is 0.356 bits per heavy atom. The molecule has 0 aliphatic rings. The molecule has 0 saturated carbocycles. The number of hydrogen-bond acceptors (Lipinski definition) is 7. The molecule has 0 amide bonds. The van der Waals surface area contributed by atoms with Crippen molar-refractivity contribution in [2.24, 2.45) is 0 Å². The minimum atomic E-state index is -0.826. The van der Waals surface area contributed by atoms with E-state index >= 15 is 0 Å². The smallest absolute Gasteiger partial charge is 0.222 e. The lowest BCUT2D eigenvalue weighted by molar-refractivity contribution is -0.223. The van der Waals surface area contributed by atoms with Crippen molar-refractivity contribution in [3.8, 4) is 0 Å². The van der Waals surface area contributed by atoms with Crippen molar-refractivity contribution >= 4 is 0 Å². The Labute approximate surface area is 279 Å². The highest BCUT2D eigenvalue weighted by Gasteiger charge is 2.29. The van der Waals surface area contributed by atoms with E-state index in [0.717, 1.165) is 50.0 Å². The van der Waals surface area contributed by atoms with Gasteiger partial charge in [0, 0.05) is 27.1 Å². The van der Waals surface area contributed by atoms with Crippen molar-refractivity contribution in [3.63, 3.8) is 0 Å². The van der Waals surface area contributed by atoms with E-state index in [2.05, 4.69) is 13.8 Å². The van der Waals surface area contributed by atoms with Gasteiger partial charge >= 0.3 is 0 Å². The number of unbranched alkanes of at least 4 members (excludes halogenated alkanes) is 20. The van der Waals surface area contributed by atoms with Crippen LogP contribution in [0.25, 0.3) is 0 Å². The average Bonchev–Trinajstić information content (AvgIpc) is 3.06. The van der Waals surface area contributed by atoms with Gasteiger partial charge < -0.3 is 33.2 Å². The first-order valence-corrected chi connectivity index (χ1v) is 18.4. The molecule has 45 heavy (non-hydrogen) atoms. The van der Waals surface area contributed by atoms with Gasteiger partial charge in [0.1, 0.15) is 11.5 Å². The monoisotopic (exact) mass is 643 g/mol. The van der Waals surface area contributed by atoms with E-state index in [-0.39, 0.29) is 0 Å². The summed E-state index contributed by atoms with van der Waals surface area (Å²) in [7, 11) is 9.75. The van der Waals surface area contributed by atoms with E-state index in [1.165, 1.54) is 116 Å². The zero-order valence-electron chi connectivity index (χ0n) is 31.0. The van der Waals surface area contributed by atoms with Gasteiger partial charge in [0.15, 0.2) is 11.5 Å². The van der Waals surface area contributed by atoms with E-state index in [4.69, 9.17) is 33.2 Å². The number of methoxy groups -OCH3 is 6.